The van der Waals surface area contributed by atoms with Crippen LogP contribution < -0.4 is 5.32 Å². The molecule has 1 aromatic carbocycles. The summed E-state index contributed by atoms with van der Waals surface area (Å²) in [5.41, 5.74) is 1.02. The van der Waals surface area contributed by atoms with Gasteiger partial charge in [0.1, 0.15) is 5.76 Å². The van der Waals surface area contributed by atoms with Crippen molar-refractivity contribution in [2.24, 2.45) is 5.92 Å². The van der Waals surface area contributed by atoms with E-state index in [4.69, 9.17) is 16.6 Å². The summed E-state index contributed by atoms with van der Waals surface area (Å²) in [5, 5.41) is 4.12. The molecule has 0 unspecified atom stereocenters. The Labute approximate surface area is 154 Å². The van der Waals surface area contributed by atoms with Gasteiger partial charge in [0.15, 0.2) is 5.11 Å². The summed E-state index contributed by atoms with van der Waals surface area (Å²) in [6.07, 6.45) is 4.87. The van der Waals surface area contributed by atoms with E-state index in [1.54, 1.807) is 18.0 Å². The van der Waals surface area contributed by atoms with Crippen molar-refractivity contribution in [1.29, 1.82) is 0 Å². The molecule has 0 amide bonds. The Hall–Kier alpha value is -1.46. The highest BCUT2D eigenvalue weighted by molar-refractivity contribution is 7.98. The number of nitrogens with one attached hydrogen (secondary N) is 1. The second kappa shape index (κ2) is 9.14. The van der Waals surface area contributed by atoms with Crippen molar-refractivity contribution in [3.63, 3.8) is 0 Å². The summed E-state index contributed by atoms with van der Waals surface area (Å²) in [6, 6.07) is 12.3. The summed E-state index contributed by atoms with van der Waals surface area (Å²) in [6.45, 7) is 7.49. The molecule has 1 aromatic heterocycles. The second-order valence-electron chi connectivity index (χ2n) is 6.23. The molecule has 1 heterocycles. The van der Waals surface area contributed by atoms with Gasteiger partial charge in [-0.2, -0.15) is 0 Å². The van der Waals surface area contributed by atoms with Crippen molar-refractivity contribution in [2.45, 2.75) is 38.1 Å². The van der Waals surface area contributed by atoms with Gasteiger partial charge >= 0.3 is 0 Å². The molecule has 0 spiro atoms. The molecule has 0 aliphatic carbocycles. The first-order valence-electron chi connectivity index (χ1n) is 8.26. The largest absolute Gasteiger partial charge is 0.467 e. The van der Waals surface area contributed by atoms with Gasteiger partial charge in [0.2, 0.25) is 0 Å². The molecule has 3 nitrogen and oxygen atoms in total. The maximum atomic E-state index is 5.71. The molecule has 2 rings (SSSR count). The molecule has 2 aromatic rings. The van der Waals surface area contributed by atoms with Crippen molar-refractivity contribution < 1.29 is 4.42 Å². The Morgan fingerprint density at radius 2 is 2.04 bits per heavy atom. The number of nitrogens with zero attached hydrogens (tertiary/aromatic N) is 1. The van der Waals surface area contributed by atoms with Crippen molar-refractivity contribution in [3.05, 3.63) is 48.4 Å². The zero-order chi connectivity index (χ0) is 17.5. The Morgan fingerprint density at radius 1 is 1.25 bits per heavy atom. The number of thioether (sulfide) groups is 1. The van der Waals surface area contributed by atoms with E-state index < -0.39 is 0 Å². The fraction of sp³-hybridized carbons (Fsp3) is 0.421. The summed E-state index contributed by atoms with van der Waals surface area (Å²) in [7, 11) is 0. The van der Waals surface area contributed by atoms with Crippen LogP contribution in [0.1, 0.15) is 39.0 Å². The summed E-state index contributed by atoms with van der Waals surface area (Å²) < 4.78 is 5.59. The normalized spacial score (nSPS) is 12.2. The molecule has 0 bridgehead atoms. The van der Waals surface area contributed by atoms with E-state index in [9.17, 15) is 0 Å². The lowest BCUT2D eigenvalue weighted by Gasteiger charge is -2.31. The van der Waals surface area contributed by atoms with Crippen molar-refractivity contribution >= 4 is 34.8 Å². The maximum absolute atomic E-state index is 5.71. The molecular formula is C19H26N2OS2. The molecule has 1 N–H and O–H groups in total. The van der Waals surface area contributed by atoms with Gasteiger partial charge in [-0.15, -0.1) is 11.8 Å². The van der Waals surface area contributed by atoms with Crippen LogP contribution in [0.4, 0.5) is 5.69 Å². The maximum Gasteiger partial charge on any atom is 0.174 e. The minimum absolute atomic E-state index is 0.0995. The molecule has 0 saturated carbocycles. The second-order valence-corrected chi connectivity index (χ2v) is 7.50. The van der Waals surface area contributed by atoms with Gasteiger partial charge in [-0.1, -0.05) is 19.9 Å². The average Bonchev–Trinajstić information content (AvgIpc) is 3.09. The van der Waals surface area contributed by atoms with Crippen LogP contribution >= 0.6 is 24.0 Å². The van der Waals surface area contributed by atoms with Crippen LogP contribution in [0.5, 0.6) is 0 Å². The predicted octanol–water partition coefficient (Wildman–Crippen LogP) is 5.81. The first kappa shape index (κ1) is 18.9. The molecule has 0 radical (unpaired) electrons. The first-order valence-corrected chi connectivity index (χ1v) is 9.89. The number of hydrogen-bond donors (Lipinski definition) is 1. The molecule has 0 saturated heterocycles. The third-order valence-electron chi connectivity index (χ3n) is 3.95. The standard InChI is InChI=1S/C19H26N2OS2/c1-14(2)10-11-21(15(3)18-9-6-12-22-18)19(23)20-16-7-5-8-17(13-16)24-4/h5-9,12-15H,10-11H2,1-4H3,(H,20,23)/t15-/m0/s1. The van der Waals surface area contributed by atoms with Gasteiger partial charge in [-0.3, -0.25) is 0 Å². The third kappa shape index (κ3) is 5.28. The SMILES string of the molecule is CSc1cccc(NC(=S)N(CCC(C)C)[C@@H](C)c2ccco2)c1. The highest BCUT2D eigenvalue weighted by atomic mass is 32.2. The number of furan rings is 1. The zero-order valence-corrected chi connectivity index (χ0v) is 16.4. The van der Waals surface area contributed by atoms with Crippen molar-refractivity contribution in [3.8, 4) is 0 Å². The number of rotatable bonds is 7. The van der Waals surface area contributed by atoms with Crippen LogP contribution in [0, 0.1) is 5.92 Å². The van der Waals surface area contributed by atoms with Gasteiger partial charge in [-0.05, 0) is 68.1 Å². The van der Waals surface area contributed by atoms with Gasteiger partial charge in [0.05, 0.1) is 12.3 Å². The smallest absolute Gasteiger partial charge is 0.174 e. The third-order valence-corrected chi connectivity index (χ3v) is 5.01. The quantitative estimate of drug-likeness (QED) is 0.496. The summed E-state index contributed by atoms with van der Waals surface area (Å²) in [5.74, 6) is 1.56. The van der Waals surface area contributed by atoms with E-state index in [2.05, 4.69) is 49.4 Å². The topological polar surface area (TPSA) is 28.4 Å². The van der Waals surface area contributed by atoms with E-state index in [1.807, 2.05) is 24.3 Å². The van der Waals surface area contributed by atoms with E-state index in [-0.39, 0.29) is 6.04 Å². The van der Waals surface area contributed by atoms with Gasteiger partial charge in [0, 0.05) is 17.1 Å². The van der Waals surface area contributed by atoms with Gasteiger partial charge in [-0.25, -0.2) is 0 Å². The monoisotopic (exact) mass is 362 g/mol. The van der Waals surface area contributed by atoms with Crippen molar-refractivity contribution in [1.82, 2.24) is 4.90 Å². The van der Waals surface area contributed by atoms with Crippen LogP contribution in [0.25, 0.3) is 0 Å². The lowest BCUT2D eigenvalue weighted by Crippen LogP contribution is -2.38. The van der Waals surface area contributed by atoms with Crippen LogP contribution in [0.2, 0.25) is 0 Å². The minimum Gasteiger partial charge on any atom is -0.467 e. The highest BCUT2D eigenvalue weighted by Crippen LogP contribution is 2.24. The van der Waals surface area contributed by atoms with Crippen molar-refractivity contribution in [2.75, 3.05) is 18.1 Å². The van der Waals surface area contributed by atoms with Gasteiger partial charge in [0.25, 0.3) is 0 Å². The fourth-order valence-electron chi connectivity index (χ4n) is 2.45. The first-order chi connectivity index (χ1) is 11.5. The highest BCUT2D eigenvalue weighted by Gasteiger charge is 2.21. The summed E-state index contributed by atoms with van der Waals surface area (Å²) in [4.78, 5) is 3.43. The van der Waals surface area contributed by atoms with Crippen LogP contribution in [-0.2, 0) is 0 Å². The Balaban J connectivity index is 2.13. The Bertz CT molecular complexity index is 641. The van der Waals surface area contributed by atoms with Crippen LogP contribution in [0.3, 0.4) is 0 Å². The molecule has 24 heavy (non-hydrogen) atoms. The van der Waals surface area contributed by atoms with E-state index in [0.717, 1.165) is 29.5 Å². The number of hydrogen-bond acceptors (Lipinski definition) is 3. The van der Waals surface area contributed by atoms with E-state index in [0.29, 0.717) is 5.92 Å². The van der Waals surface area contributed by atoms with E-state index >= 15 is 0 Å². The number of anilines is 1. The number of benzene rings is 1. The zero-order valence-electron chi connectivity index (χ0n) is 14.8. The van der Waals surface area contributed by atoms with E-state index in [1.165, 1.54) is 4.90 Å². The average molecular weight is 363 g/mol. The lowest BCUT2D eigenvalue weighted by molar-refractivity contribution is 0.281. The molecule has 0 fully saturated rings. The van der Waals surface area contributed by atoms with Crippen LogP contribution in [-0.4, -0.2) is 22.8 Å². The minimum atomic E-state index is 0.0995. The molecule has 0 aliphatic heterocycles. The summed E-state index contributed by atoms with van der Waals surface area (Å²) >= 11 is 7.43. The molecular weight excluding hydrogens is 336 g/mol. The molecule has 0 aliphatic rings. The Kier molecular flexibility index (Phi) is 7.18. The predicted molar refractivity (Wildman–Crippen MR) is 108 cm³/mol. The molecule has 130 valence electrons. The lowest BCUT2D eigenvalue weighted by atomic mass is 10.1. The van der Waals surface area contributed by atoms with Crippen LogP contribution in [0.15, 0.2) is 52.0 Å². The molecule has 1 atom stereocenters. The van der Waals surface area contributed by atoms with Gasteiger partial charge < -0.3 is 14.6 Å². The number of thiocarbonyl (C=S) groups is 1. The molecule has 5 heteroatoms. The Morgan fingerprint density at radius 3 is 2.67 bits per heavy atom. The fourth-order valence-corrected chi connectivity index (χ4v) is 3.27.